The van der Waals surface area contributed by atoms with Crippen LogP contribution in [-0.2, 0) is 54.3 Å². The first-order valence-corrected chi connectivity index (χ1v) is 10.2. The van der Waals surface area contributed by atoms with Crippen LogP contribution in [0.1, 0.15) is 33.3 Å². The number of carbonyl (C=O) groups is 4. The van der Waals surface area contributed by atoms with Gasteiger partial charge in [-0.05, 0) is 5.56 Å². The summed E-state index contributed by atoms with van der Waals surface area (Å²) >= 11 is 0. The fourth-order valence-electron chi connectivity index (χ4n) is 3.17. The number of oxime groups is 1. The first-order chi connectivity index (χ1) is 15.7. The van der Waals surface area contributed by atoms with Gasteiger partial charge >= 0.3 is 23.9 Å². The number of ether oxygens (including phenoxy) is 5. The van der Waals surface area contributed by atoms with Crippen molar-refractivity contribution in [3.63, 3.8) is 0 Å². The largest absolute Gasteiger partial charge is 0.463 e. The Balaban J connectivity index is 2.29. The van der Waals surface area contributed by atoms with E-state index < -0.39 is 54.4 Å². The van der Waals surface area contributed by atoms with Gasteiger partial charge in [0.15, 0.2) is 18.3 Å². The van der Waals surface area contributed by atoms with Crippen molar-refractivity contribution in [2.24, 2.45) is 5.16 Å². The van der Waals surface area contributed by atoms with Crippen LogP contribution in [0.4, 0.5) is 0 Å². The third-order valence-corrected chi connectivity index (χ3v) is 4.38. The summed E-state index contributed by atoms with van der Waals surface area (Å²) in [6, 6.07) is 9.27. The van der Waals surface area contributed by atoms with Crippen molar-refractivity contribution < 1.29 is 47.7 Å². The zero-order chi connectivity index (χ0) is 24.4. The Morgan fingerprint density at radius 2 is 1.42 bits per heavy atom. The Morgan fingerprint density at radius 1 is 0.848 bits per heavy atom. The summed E-state index contributed by atoms with van der Waals surface area (Å²) in [5.41, 5.74) is 0.871. The quantitative estimate of drug-likeness (QED) is 0.227. The molecule has 1 aromatic rings. The van der Waals surface area contributed by atoms with E-state index in [-0.39, 0.29) is 13.2 Å². The molecule has 0 amide bonds. The molecule has 0 N–H and O–H groups in total. The summed E-state index contributed by atoms with van der Waals surface area (Å²) in [6.07, 6.45) is -4.56. The maximum Gasteiger partial charge on any atom is 0.303 e. The lowest BCUT2D eigenvalue weighted by atomic mass is 9.94. The molecule has 1 aromatic carbocycles. The van der Waals surface area contributed by atoms with Gasteiger partial charge in [-0.3, -0.25) is 19.2 Å². The molecule has 5 atom stereocenters. The normalized spacial score (nSPS) is 24.5. The molecule has 0 saturated carbocycles. The molecular formula is C22H27NO10. The first kappa shape index (κ1) is 25.8. The van der Waals surface area contributed by atoms with Crippen molar-refractivity contribution in [2.75, 3.05) is 6.61 Å². The van der Waals surface area contributed by atoms with E-state index in [2.05, 4.69) is 5.16 Å². The molecule has 1 saturated heterocycles. The van der Waals surface area contributed by atoms with Crippen LogP contribution in [-0.4, -0.2) is 67.2 Å². The molecule has 0 radical (unpaired) electrons. The number of hydrogen-bond acceptors (Lipinski definition) is 11. The molecule has 11 heteroatoms. The molecule has 0 aliphatic carbocycles. The molecule has 180 valence electrons. The molecule has 1 aliphatic heterocycles. The molecule has 0 spiro atoms. The highest BCUT2D eigenvalue weighted by Crippen LogP contribution is 2.28. The zero-order valence-electron chi connectivity index (χ0n) is 18.8. The van der Waals surface area contributed by atoms with Crippen LogP contribution in [0.3, 0.4) is 0 Å². The SMILES string of the molecule is CC(=O)OC[C@H]1O[C@@H](/C=N/OCc2ccccc2)[C@H](OC(C)=O)[C@@H](OC(C)=O)[C@H]1OC(C)=O. The van der Waals surface area contributed by atoms with E-state index >= 15 is 0 Å². The lowest BCUT2D eigenvalue weighted by Crippen LogP contribution is -2.62. The van der Waals surface area contributed by atoms with Crippen molar-refractivity contribution in [2.45, 2.75) is 64.8 Å². The van der Waals surface area contributed by atoms with Gasteiger partial charge in [0.05, 0.1) is 6.21 Å². The van der Waals surface area contributed by atoms with Gasteiger partial charge in [0.2, 0.25) is 0 Å². The van der Waals surface area contributed by atoms with E-state index in [9.17, 15) is 19.2 Å². The van der Waals surface area contributed by atoms with Gasteiger partial charge in [-0.15, -0.1) is 0 Å². The van der Waals surface area contributed by atoms with Crippen LogP contribution in [0.15, 0.2) is 35.5 Å². The number of nitrogens with zero attached hydrogens (tertiary/aromatic N) is 1. The molecule has 0 unspecified atom stereocenters. The number of carbonyl (C=O) groups excluding carboxylic acids is 4. The summed E-state index contributed by atoms with van der Waals surface area (Å²) in [5, 5.41) is 3.88. The van der Waals surface area contributed by atoms with Crippen LogP contribution >= 0.6 is 0 Å². The molecule has 0 aromatic heterocycles. The van der Waals surface area contributed by atoms with Gasteiger partial charge in [-0.1, -0.05) is 35.5 Å². The molecule has 2 rings (SSSR count). The minimum absolute atomic E-state index is 0.169. The Kier molecular flexibility index (Phi) is 9.80. The molecule has 1 fully saturated rings. The van der Waals surface area contributed by atoms with Gasteiger partial charge in [0.1, 0.15) is 25.4 Å². The lowest BCUT2D eigenvalue weighted by molar-refractivity contribution is -0.240. The highest BCUT2D eigenvalue weighted by Gasteiger charge is 2.51. The van der Waals surface area contributed by atoms with E-state index in [1.54, 1.807) is 0 Å². The fraction of sp³-hybridized carbons (Fsp3) is 0.500. The summed E-state index contributed by atoms with van der Waals surface area (Å²) in [4.78, 5) is 51.9. The molecular weight excluding hydrogens is 438 g/mol. The molecule has 1 heterocycles. The fourth-order valence-corrected chi connectivity index (χ4v) is 3.17. The van der Waals surface area contributed by atoms with Crippen molar-refractivity contribution in [1.29, 1.82) is 0 Å². The number of hydrogen-bond donors (Lipinski definition) is 0. The topological polar surface area (TPSA) is 136 Å². The van der Waals surface area contributed by atoms with Gasteiger partial charge in [-0.2, -0.15) is 0 Å². The van der Waals surface area contributed by atoms with Gasteiger partial charge in [0.25, 0.3) is 0 Å². The van der Waals surface area contributed by atoms with E-state index in [0.717, 1.165) is 26.3 Å². The van der Waals surface area contributed by atoms with Gasteiger partial charge < -0.3 is 28.5 Å². The van der Waals surface area contributed by atoms with Crippen LogP contribution in [0, 0.1) is 0 Å². The molecule has 11 nitrogen and oxygen atoms in total. The van der Waals surface area contributed by atoms with E-state index in [1.165, 1.54) is 13.1 Å². The van der Waals surface area contributed by atoms with Gasteiger partial charge in [0, 0.05) is 27.7 Å². The molecule has 1 aliphatic rings. The predicted octanol–water partition coefficient (Wildman–Crippen LogP) is 1.31. The summed E-state index contributed by atoms with van der Waals surface area (Å²) < 4.78 is 26.9. The Labute approximate surface area is 190 Å². The average Bonchev–Trinajstić information content (AvgIpc) is 2.73. The van der Waals surface area contributed by atoms with Crippen molar-refractivity contribution in [3.8, 4) is 0 Å². The van der Waals surface area contributed by atoms with E-state index in [4.69, 9.17) is 28.5 Å². The highest BCUT2D eigenvalue weighted by atomic mass is 16.7. The van der Waals surface area contributed by atoms with Crippen LogP contribution < -0.4 is 0 Å². The number of rotatable bonds is 9. The third-order valence-electron chi connectivity index (χ3n) is 4.38. The third kappa shape index (κ3) is 8.53. The molecule has 0 bridgehead atoms. The Hall–Kier alpha value is -3.47. The number of benzene rings is 1. The smallest absolute Gasteiger partial charge is 0.303 e. The van der Waals surface area contributed by atoms with E-state index in [0.29, 0.717) is 0 Å². The minimum atomic E-state index is -1.25. The van der Waals surface area contributed by atoms with Crippen LogP contribution in [0.2, 0.25) is 0 Å². The standard InChI is InChI=1S/C22H27NO10/c1-13(24)28-12-19-21(31-15(3)26)22(32-16(4)27)20(30-14(2)25)18(33-19)10-23-29-11-17-8-6-5-7-9-17/h5-10,18-22H,11-12H2,1-4H3/b23-10+/t18-,19+,20-,21-,22+/m0/s1. The second-order valence-corrected chi connectivity index (χ2v) is 7.18. The lowest BCUT2D eigenvalue weighted by Gasteiger charge is -2.43. The Morgan fingerprint density at radius 3 is 2.00 bits per heavy atom. The highest BCUT2D eigenvalue weighted by molar-refractivity contribution is 5.71. The summed E-state index contributed by atoms with van der Waals surface area (Å²) in [6.45, 7) is 4.52. The first-order valence-electron chi connectivity index (χ1n) is 10.2. The minimum Gasteiger partial charge on any atom is -0.463 e. The molecule has 33 heavy (non-hydrogen) atoms. The second kappa shape index (κ2) is 12.5. The van der Waals surface area contributed by atoms with Crippen molar-refractivity contribution >= 4 is 30.1 Å². The van der Waals surface area contributed by atoms with Crippen molar-refractivity contribution in [1.82, 2.24) is 0 Å². The van der Waals surface area contributed by atoms with Crippen LogP contribution in [0.5, 0.6) is 0 Å². The second-order valence-electron chi connectivity index (χ2n) is 7.18. The Bertz CT molecular complexity index is 856. The predicted molar refractivity (Wildman–Crippen MR) is 112 cm³/mol. The van der Waals surface area contributed by atoms with Gasteiger partial charge in [-0.25, -0.2) is 0 Å². The zero-order valence-corrected chi connectivity index (χ0v) is 18.8. The van der Waals surface area contributed by atoms with Crippen LogP contribution in [0.25, 0.3) is 0 Å². The maximum absolute atomic E-state index is 11.8. The number of esters is 4. The average molecular weight is 465 g/mol. The summed E-state index contributed by atoms with van der Waals surface area (Å²) in [5.74, 6) is -2.70. The maximum atomic E-state index is 11.8. The van der Waals surface area contributed by atoms with E-state index in [1.807, 2.05) is 30.3 Å². The van der Waals surface area contributed by atoms with Crippen molar-refractivity contribution in [3.05, 3.63) is 35.9 Å². The summed E-state index contributed by atoms with van der Waals surface area (Å²) in [7, 11) is 0. The monoisotopic (exact) mass is 465 g/mol.